The van der Waals surface area contributed by atoms with Gasteiger partial charge < -0.3 is 5.73 Å². The number of sulfonamides is 1. The molecule has 1 aromatic rings. The highest BCUT2D eigenvalue weighted by Gasteiger charge is 2.30. The summed E-state index contributed by atoms with van der Waals surface area (Å²) in [6.07, 6.45) is 2.22. The second-order valence-electron chi connectivity index (χ2n) is 5.07. The molecular weight excluding hydrogens is 280 g/mol. The Morgan fingerprint density at radius 1 is 1.53 bits per heavy atom. The van der Waals surface area contributed by atoms with Crippen molar-refractivity contribution >= 4 is 27.2 Å². The number of hydrogen-bond acceptors (Lipinski definition) is 3. The summed E-state index contributed by atoms with van der Waals surface area (Å²) in [5.41, 5.74) is 6.93. The maximum absolute atomic E-state index is 12.0. The van der Waals surface area contributed by atoms with E-state index in [9.17, 15) is 8.42 Å². The fourth-order valence-electron chi connectivity index (χ4n) is 2.05. The van der Waals surface area contributed by atoms with Crippen molar-refractivity contribution < 1.29 is 8.42 Å². The van der Waals surface area contributed by atoms with Crippen LogP contribution in [0.15, 0.2) is 24.3 Å². The van der Waals surface area contributed by atoms with Gasteiger partial charge in [0.1, 0.15) is 4.99 Å². The average molecular weight is 298 g/mol. The second kappa shape index (κ2) is 5.56. The van der Waals surface area contributed by atoms with Crippen LogP contribution in [0.5, 0.6) is 0 Å². The van der Waals surface area contributed by atoms with Gasteiger partial charge in [0.15, 0.2) is 0 Å². The molecule has 1 atom stereocenters. The van der Waals surface area contributed by atoms with Gasteiger partial charge in [-0.1, -0.05) is 30.4 Å². The molecule has 4 nitrogen and oxygen atoms in total. The highest BCUT2D eigenvalue weighted by molar-refractivity contribution is 7.88. The van der Waals surface area contributed by atoms with Crippen molar-refractivity contribution in [1.29, 1.82) is 0 Å². The van der Waals surface area contributed by atoms with Crippen LogP contribution in [-0.4, -0.2) is 19.4 Å². The highest BCUT2D eigenvalue weighted by atomic mass is 32.2. The van der Waals surface area contributed by atoms with Gasteiger partial charge in [0.2, 0.25) is 10.0 Å². The topological polar surface area (TPSA) is 72.2 Å². The predicted octanol–water partition coefficient (Wildman–Crippen LogP) is 1.54. The van der Waals surface area contributed by atoms with Crippen LogP contribution < -0.4 is 10.5 Å². The summed E-state index contributed by atoms with van der Waals surface area (Å²) in [5.74, 6) is 0.457. The summed E-state index contributed by atoms with van der Waals surface area (Å²) in [6.45, 7) is 1.92. The first kappa shape index (κ1) is 14.4. The minimum absolute atomic E-state index is 0.0174. The zero-order valence-electron chi connectivity index (χ0n) is 10.8. The zero-order chi connectivity index (χ0) is 14.0. The first-order chi connectivity index (χ1) is 8.87. The zero-order valence-corrected chi connectivity index (χ0v) is 12.4. The molecule has 6 heteroatoms. The van der Waals surface area contributed by atoms with Crippen molar-refractivity contribution in [2.24, 2.45) is 11.7 Å². The van der Waals surface area contributed by atoms with E-state index in [4.69, 9.17) is 18.0 Å². The van der Waals surface area contributed by atoms with Crippen LogP contribution in [0.25, 0.3) is 0 Å². The lowest BCUT2D eigenvalue weighted by atomic mass is 10.1. The molecule has 104 valence electrons. The molecule has 1 unspecified atom stereocenters. The maximum atomic E-state index is 12.0. The average Bonchev–Trinajstić information content (AvgIpc) is 3.11. The minimum atomic E-state index is -3.32. The number of nitrogens with two attached hydrogens (primary N) is 1. The number of hydrogen-bond donors (Lipinski definition) is 2. The molecule has 0 amide bonds. The van der Waals surface area contributed by atoms with Gasteiger partial charge in [-0.2, -0.15) is 0 Å². The Morgan fingerprint density at radius 3 is 2.79 bits per heavy atom. The Bertz CT molecular complexity index is 580. The van der Waals surface area contributed by atoms with Gasteiger partial charge in [-0.25, -0.2) is 13.1 Å². The standard InChI is InChI=1S/C13H18N2O2S2/c1-9(11-5-6-11)15-19(16,17)8-10-3-2-4-12(7-10)13(14)18/h2-4,7,9,11,15H,5-6,8H2,1H3,(H2,14,18). The molecule has 0 radical (unpaired) electrons. The quantitative estimate of drug-likeness (QED) is 0.781. The molecule has 19 heavy (non-hydrogen) atoms. The number of rotatable bonds is 6. The largest absolute Gasteiger partial charge is 0.389 e. The summed E-state index contributed by atoms with van der Waals surface area (Å²) >= 11 is 4.89. The highest BCUT2D eigenvalue weighted by Crippen LogP contribution is 2.32. The molecule has 0 bridgehead atoms. The monoisotopic (exact) mass is 298 g/mol. The van der Waals surface area contributed by atoms with Crippen LogP contribution in [0, 0.1) is 5.92 Å². The lowest BCUT2D eigenvalue weighted by Crippen LogP contribution is -2.34. The third-order valence-electron chi connectivity index (χ3n) is 3.26. The second-order valence-corrected chi connectivity index (χ2v) is 7.26. The lowest BCUT2D eigenvalue weighted by molar-refractivity contribution is 0.537. The molecule has 0 heterocycles. The summed E-state index contributed by atoms with van der Waals surface area (Å²) in [5, 5.41) is 0. The molecule has 0 saturated heterocycles. The molecule has 0 aliphatic heterocycles. The van der Waals surface area contributed by atoms with Crippen molar-refractivity contribution in [2.75, 3.05) is 0 Å². The summed E-state index contributed by atoms with van der Waals surface area (Å²) in [6, 6.07) is 7.05. The Labute approximate surface area is 119 Å². The fraction of sp³-hybridized carbons (Fsp3) is 0.462. The van der Waals surface area contributed by atoms with Crippen LogP contribution >= 0.6 is 12.2 Å². The smallest absolute Gasteiger partial charge is 0.216 e. The van der Waals surface area contributed by atoms with Gasteiger partial charge in [-0.15, -0.1) is 0 Å². The third kappa shape index (κ3) is 4.26. The minimum Gasteiger partial charge on any atom is -0.389 e. The third-order valence-corrected chi connectivity index (χ3v) is 4.94. The number of thiocarbonyl (C=S) groups is 1. The van der Waals surface area contributed by atoms with Crippen LogP contribution in [0.1, 0.15) is 30.9 Å². The summed E-state index contributed by atoms with van der Waals surface area (Å²) < 4.78 is 26.8. The van der Waals surface area contributed by atoms with Gasteiger partial charge in [-0.05, 0) is 37.3 Å². The SMILES string of the molecule is CC(NS(=O)(=O)Cc1cccc(C(N)=S)c1)C1CC1. The van der Waals surface area contributed by atoms with Crippen molar-refractivity contribution in [2.45, 2.75) is 31.6 Å². The number of benzene rings is 1. The first-order valence-corrected chi connectivity index (χ1v) is 8.32. The van der Waals surface area contributed by atoms with Gasteiger partial charge in [0.25, 0.3) is 0 Å². The normalized spacial score (nSPS) is 17.1. The van der Waals surface area contributed by atoms with E-state index < -0.39 is 10.0 Å². The van der Waals surface area contributed by atoms with E-state index in [1.54, 1.807) is 24.3 Å². The van der Waals surface area contributed by atoms with Gasteiger partial charge in [0, 0.05) is 11.6 Å². The Balaban J connectivity index is 2.06. The van der Waals surface area contributed by atoms with Crippen LogP contribution in [0.2, 0.25) is 0 Å². The Kier molecular flexibility index (Phi) is 4.23. The maximum Gasteiger partial charge on any atom is 0.216 e. The summed E-state index contributed by atoms with van der Waals surface area (Å²) in [7, 11) is -3.32. The molecule has 3 N–H and O–H groups in total. The van der Waals surface area contributed by atoms with Crippen LogP contribution in [0.3, 0.4) is 0 Å². The molecule has 0 spiro atoms. The Morgan fingerprint density at radius 2 is 2.21 bits per heavy atom. The van der Waals surface area contributed by atoms with Crippen molar-refractivity contribution in [3.63, 3.8) is 0 Å². The molecule has 2 rings (SSSR count). The fourth-order valence-corrected chi connectivity index (χ4v) is 3.64. The van der Waals surface area contributed by atoms with E-state index in [1.165, 1.54) is 0 Å². The van der Waals surface area contributed by atoms with E-state index in [0.29, 0.717) is 17.0 Å². The van der Waals surface area contributed by atoms with E-state index in [1.807, 2.05) is 6.92 Å². The molecule has 1 aliphatic rings. The van der Waals surface area contributed by atoms with Gasteiger partial charge in [-0.3, -0.25) is 0 Å². The van der Waals surface area contributed by atoms with E-state index >= 15 is 0 Å². The van der Waals surface area contributed by atoms with E-state index in [-0.39, 0.29) is 16.8 Å². The molecule has 0 aromatic heterocycles. The molecular formula is C13H18N2O2S2. The van der Waals surface area contributed by atoms with Crippen molar-refractivity contribution in [1.82, 2.24) is 4.72 Å². The summed E-state index contributed by atoms with van der Waals surface area (Å²) in [4.78, 5) is 0.276. The predicted molar refractivity (Wildman–Crippen MR) is 80.3 cm³/mol. The van der Waals surface area contributed by atoms with E-state index in [2.05, 4.69) is 4.72 Å². The van der Waals surface area contributed by atoms with Crippen LogP contribution in [-0.2, 0) is 15.8 Å². The van der Waals surface area contributed by atoms with Gasteiger partial charge in [0.05, 0.1) is 5.75 Å². The molecule has 1 aliphatic carbocycles. The Hall–Kier alpha value is -0.980. The molecule has 1 aromatic carbocycles. The molecule has 1 saturated carbocycles. The van der Waals surface area contributed by atoms with Gasteiger partial charge >= 0.3 is 0 Å². The van der Waals surface area contributed by atoms with Crippen LogP contribution in [0.4, 0.5) is 0 Å². The van der Waals surface area contributed by atoms with Crippen molar-refractivity contribution in [3.05, 3.63) is 35.4 Å². The lowest BCUT2D eigenvalue weighted by Gasteiger charge is -2.13. The number of nitrogens with one attached hydrogen (secondary N) is 1. The first-order valence-electron chi connectivity index (χ1n) is 6.26. The van der Waals surface area contributed by atoms with Crippen molar-refractivity contribution in [3.8, 4) is 0 Å². The molecule has 1 fully saturated rings. The van der Waals surface area contributed by atoms with E-state index in [0.717, 1.165) is 12.8 Å².